The summed E-state index contributed by atoms with van der Waals surface area (Å²) in [6.07, 6.45) is 9.91. The third-order valence-electron chi connectivity index (χ3n) is 4.36. The molecule has 0 aliphatic heterocycles. The molecular weight excluding hydrogens is 260 g/mol. The van der Waals surface area contributed by atoms with Gasteiger partial charge in [0.05, 0.1) is 6.20 Å². The van der Waals surface area contributed by atoms with Crippen molar-refractivity contribution in [3.05, 3.63) is 47.3 Å². The van der Waals surface area contributed by atoms with Crippen LogP contribution < -0.4 is 5.32 Å². The zero-order valence-corrected chi connectivity index (χ0v) is 12.8. The Labute approximate surface area is 126 Å². The van der Waals surface area contributed by atoms with E-state index in [1.165, 1.54) is 31.2 Å². The quantitative estimate of drug-likeness (QED) is 0.829. The summed E-state index contributed by atoms with van der Waals surface area (Å²) in [4.78, 5) is 0. The molecule has 112 valence electrons. The van der Waals surface area contributed by atoms with Crippen LogP contribution in [-0.2, 0) is 19.4 Å². The van der Waals surface area contributed by atoms with E-state index in [0.717, 1.165) is 19.5 Å². The largest absolute Gasteiger partial charge is 0.310 e. The SMILES string of the molecule is CC(NCCCn1ccnn1)c1ccc2c(c1)CCCC2. The molecule has 0 bridgehead atoms. The molecule has 0 spiro atoms. The highest BCUT2D eigenvalue weighted by Crippen LogP contribution is 2.24. The Morgan fingerprint density at radius 1 is 1.24 bits per heavy atom. The molecule has 4 nitrogen and oxygen atoms in total. The van der Waals surface area contributed by atoms with Crippen molar-refractivity contribution in [1.29, 1.82) is 0 Å². The highest BCUT2D eigenvalue weighted by atomic mass is 15.4. The lowest BCUT2D eigenvalue weighted by molar-refractivity contribution is 0.499. The first kappa shape index (κ1) is 14.3. The molecule has 0 saturated carbocycles. The van der Waals surface area contributed by atoms with E-state index in [-0.39, 0.29) is 0 Å². The summed E-state index contributed by atoms with van der Waals surface area (Å²) in [6.45, 7) is 4.17. The van der Waals surface area contributed by atoms with Gasteiger partial charge in [-0.15, -0.1) is 5.10 Å². The van der Waals surface area contributed by atoms with E-state index in [1.807, 2.05) is 10.9 Å². The maximum atomic E-state index is 3.98. The highest BCUT2D eigenvalue weighted by molar-refractivity contribution is 5.35. The number of aryl methyl sites for hydroxylation is 3. The van der Waals surface area contributed by atoms with Crippen molar-refractivity contribution in [2.45, 2.75) is 51.6 Å². The maximum Gasteiger partial charge on any atom is 0.0692 e. The summed E-state index contributed by atoms with van der Waals surface area (Å²) in [5.41, 5.74) is 4.54. The maximum absolute atomic E-state index is 3.98. The molecule has 4 heteroatoms. The number of rotatable bonds is 6. The van der Waals surface area contributed by atoms with Crippen LogP contribution >= 0.6 is 0 Å². The summed E-state index contributed by atoms with van der Waals surface area (Å²) in [5, 5.41) is 11.4. The molecule has 0 amide bonds. The molecular formula is C17H24N4. The normalized spacial score (nSPS) is 15.7. The summed E-state index contributed by atoms with van der Waals surface area (Å²) in [5.74, 6) is 0. The number of nitrogens with one attached hydrogen (secondary N) is 1. The first-order chi connectivity index (χ1) is 10.3. The Hall–Kier alpha value is -1.68. The molecule has 1 unspecified atom stereocenters. The predicted molar refractivity (Wildman–Crippen MR) is 84.1 cm³/mol. The summed E-state index contributed by atoms with van der Waals surface area (Å²) < 4.78 is 1.88. The van der Waals surface area contributed by atoms with Crippen LogP contribution in [0.1, 0.15) is 48.9 Å². The van der Waals surface area contributed by atoms with Crippen LogP contribution in [0.3, 0.4) is 0 Å². The lowest BCUT2D eigenvalue weighted by Crippen LogP contribution is -2.21. The molecule has 1 heterocycles. The standard InChI is InChI=1S/C17H24N4/c1-14(18-9-4-11-21-12-10-19-20-21)16-8-7-15-5-2-3-6-17(15)13-16/h7-8,10,12-14,18H,2-6,9,11H2,1H3. The molecule has 2 aromatic rings. The third kappa shape index (κ3) is 3.70. The van der Waals surface area contributed by atoms with Crippen LogP contribution in [0.5, 0.6) is 0 Å². The molecule has 1 atom stereocenters. The van der Waals surface area contributed by atoms with E-state index >= 15 is 0 Å². The van der Waals surface area contributed by atoms with Gasteiger partial charge in [-0.25, -0.2) is 0 Å². The minimum absolute atomic E-state index is 0.410. The Morgan fingerprint density at radius 2 is 2.10 bits per heavy atom. The Bertz CT molecular complexity index is 562. The molecule has 1 aromatic heterocycles. The topological polar surface area (TPSA) is 42.7 Å². The lowest BCUT2D eigenvalue weighted by Gasteiger charge is -2.20. The Morgan fingerprint density at radius 3 is 2.90 bits per heavy atom. The van der Waals surface area contributed by atoms with Gasteiger partial charge in [-0.1, -0.05) is 23.4 Å². The van der Waals surface area contributed by atoms with E-state index in [9.17, 15) is 0 Å². The third-order valence-corrected chi connectivity index (χ3v) is 4.36. The average molecular weight is 284 g/mol. The molecule has 1 aliphatic rings. The predicted octanol–water partition coefficient (Wildman–Crippen LogP) is 2.90. The van der Waals surface area contributed by atoms with Gasteiger partial charge in [-0.05, 0) is 62.3 Å². The second-order valence-electron chi connectivity index (χ2n) is 5.93. The number of benzene rings is 1. The first-order valence-electron chi connectivity index (χ1n) is 8.02. The van der Waals surface area contributed by atoms with Crippen LogP contribution in [0.15, 0.2) is 30.6 Å². The van der Waals surface area contributed by atoms with Crippen LogP contribution in [0.2, 0.25) is 0 Å². The van der Waals surface area contributed by atoms with E-state index in [2.05, 4.69) is 40.8 Å². The van der Waals surface area contributed by atoms with Gasteiger partial charge in [0.1, 0.15) is 0 Å². The minimum atomic E-state index is 0.410. The fourth-order valence-electron chi connectivity index (χ4n) is 3.05. The number of hydrogen-bond acceptors (Lipinski definition) is 3. The second kappa shape index (κ2) is 6.85. The summed E-state index contributed by atoms with van der Waals surface area (Å²) in [6, 6.07) is 7.44. The molecule has 0 saturated heterocycles. The van der Waals surface area contributed by atoms with Gasteiger partial charge in [-0.2, -0.15) is 0 Å². The molecule has 0 radical (unpaired) electrons. The fraction of sp³-hybridized carbons (Fsp3) is 0.529. The van der Waals surface area contributed by atoms with Gasteiger partial charge in [0.15, 0.2) is 0 Å². The summed E-state index contributed by atoms with van der Waals surface area (Å²) in [7, 11) is 0. The minimum Gasteiger partial charge on any atom is -0.310 e. The Kier molecular flexibility index (Phi) is 4.65. The smallest absolute Gasteiger partial charge is 0.0692 e. The second-order valence-corrected chi connectivity index (χ2v) is 5.93. The van der Waals surface area contributed by atoms with E-state index in [1.54, 1.807) is 17.3 Å². The zero-order chi connectivity index (χ0) is 14.5. The van der Waals surface area contributed by atoms with Crippen molar-refractivity contribution < 1.29 is 0 Å². The number of aromatic nitrogens is 3. The number of fused-ring (bicyclic) bond motifs is 1. The van der Waals surface area contributed by atoms with Crippen molar-refractivity contribution in [2.24, 2.45) is 0 Å². The number of nitrogens with zero attached hydrogens (tertiary/aromatic N) is 3. The van der Waals surface area contributed by atoms with E-state index < -0.39 is 0 Å². The average Bonchev–Trinajstić information content (AvgIpc) is 3.04. The van der Waals surface area contributed by atoms with Crippen molar-refractivity contribution >= 4 is 0 Å². The molecule has 1 aromatic carbocycles. The fourth-order valence-corrected chi connectivity index (χ4v) is 3.05. The molecule has 0 fully saturated rings. The van der Waals surface area contributed by atoms with Crippen molar-refractivity contribution in [3.63, 3.8) is 0 Å². The van der Waals surface area contributed by atoms with E-state index in [0.29, 0.717) is 6.04 Å². The van der Waals surface area contributed by atoms with Crippen LogP contribution in [0.25, 0.3) is 0 Å². The monoisotopic (exact) mass is 284 g/mol. The highest BCUT2D eigenvalue weighted by Gasteiger charge is 2.12. The van der Waals surface area contributed by atoms with Crippen molar-refractivity contribution in [1.82, 2.24) is 20.3 Å². The lowest BCUT2D eigenvalue weighted by atomic mass is 9.89. The van der Waals surface area contributed by atoms with Crippen molar-refractivity contribution in [3.8, 4) is 0 Å². The van der Waals surface area contributed by atoms with Gasteiger partial charge in [0.25, 0.3) is 0 Å². The first-order valence-corrected chi connectivity index (χ1v) is 8.02. The van der Waals surface area contributed by atoms with Crippen molar-refractivity contribution in [2.75, 3.05) is 6.54 Å². The zero-order valence-electron chi connectivity index (χ0n) is 12.8. The molecule has 3 rings (SSSR count). The van der Waals surface area contributed by atoms with Gasteiger partial charge in [-0.3, -0.25) is 4.68 Å². The van der Waals surface area contributed by atoms with Gasteiger partial charge in [0.2, 0.25) is 0 Å². The van der Waals surface area contributed by atoms with Crippen LogP contribution in [0, 0.1) is 0 Å². The Balaban J connectivity index is 1.49. The van der Waals surface area contributed by atoms with Crippen LogP contribution in [0.4, 0.5) is 0 Å². The van der Waals surface area contributed by atoms with Gasteiger partial charge >= 0.3 is 0 Å². The van der Waals surface area contributed by atoms with Gasteiger partial charge in [0, 0.05) is 18.8 Å². The molecule has 1 aliphatic carbocycles. The van der Waals surface area contributed by atoms with Gasteiger partial charge < -0.3 is 5.32 Å². The summed E-state index contributed by atoms with van der Waals surface area (Å²) >= 11 is 0. The molecule has 1 N–H and O–H groups in total. The molecule has 21 heavy (non-hydrogen) atoms. The van der Waals surface area contributed by atoms with Crippen LogP contribution in [-0.4, -0.2) is 21.5 Å². The number of hydrogen-bond donors (Lipinski definition) is 1. The van der Waals surface area contributed by atoms with E-state index in [4.69, 9.17) is 0 Å².